The maximum Gasteiger partial charge on any atom is 0.287 e. The lowest BCUT2D eigenvalue weighted by Crippen LogP contribution is -2.41. The van der Waals surface area contributed by atoms with Gasteiger partial charge < -0.3 is 20.0 Å². The van der Waals surface area contributed by atoms with Gasteiger partial charge in [0.15, 0.2) is 5.76 Å². The molecule has 1 aliphatic rings. The van der Waals surface area contributed by atoms with E-state index in [1.54, 1.807) is 6.07 Å². The summed E-state index contributed by atoms with van der Waals surface area (Å²) in [4.78, 5) is 15.6. The molecule has 1 amide bonds. The quantitative estimate of drug-likeness (QED) is 0.662. The van der Waals surface area contributed by atoms with E-state index >= 15 is 0 Å². The van der Waals surface area contributed by atoms with Crippen LogP contribution in [0.3, 0.4) is 0 Å². The van der Waals surface area contributed by atoms with E-state index in [1.807, 2.05) is 24.3 Å². The highest BCUT2D eigenvalue weighted by Crippen LogP contribution is 2.22. The molecule has 2 heterocycles. The lowest BCUT2D eigenvalue weighted by molar-refractivity contribution is 0.0921. The van der Waals surface area contributed by atoms with Crippen LogP contribution in [0.5, 0.6) is 0 Å². The zero-order valence-corrected chi connectivity index (χ0v) is 18.3. The molecule has 1 aliphatic heterocycles. The van der Waals surface area contributed by atoms with Gasteiger partial charge in [0.05, 0.1) is 10.8 Å². The van der Waals surface area contributed by atoms with Crippen molar-refractivity contribution in [3.8, 4) is 0 Å². The monoisotopic (exact) mass is 427 g/mol. The Bertz CT molecular complexity index is 1020. The van der Waals surface area contributed by atoms with Crippen LogP contribution < -0.4 is 16.0 Å². The molecule has 30 heavy (non-hydrogen) atoms. The first kappa shape index (κ1) is 22.2. The molecule has 7 heteroatoms. The second kappa shape index (κ2) is 10.00. The van der Waals surface area contributed by atoms with Gasteiger partial charge in [-0.2, -0.15) is 0 Å². The molecule has 1 saturated heterocycles. The second-order valence-electron chi connectivity index (χ2n) is 7.78. The number of hydrogen-bond acceptors (Lipinski definition) is 5. The van der Waals surface area contributed by atoms with Crippen LogP contribution >= 0.6 is 0 Å². The van der Waals surface area contributed by atoms with E-state index in [0.717, 1.165) is 42.6 Å². The Kier molecular flexibility index (Phi) is 7.39. The zero-order valence-electron chi connectivity index (χ0n) is 17.5. The summed E-state index contributed by atoms with van der Waals surface area (Å²) in [5.74, 6) is -0.173. The van der Waals surface area contributed by atoms with Gasteiger partial charge in [-0.15, -0.1) is 0 Å². The number of rotatable bonds is 7. The van der Waals surface area contributed by atoms with Crippen LogP contribution in [0.4, 0.5) is 0 Å². The van der Waals surface area contributed by atoms with Crippen molar-refractivity contribution in [1.82, 2.24) is 10.2 Å². The first-order valence-corrected chi connectivity index (χ1v) is 11.4. The fraction of sp³-hybridized carbons (Fsp3) is 0.391. The number of hydrogen-bond donors (Lipinski definition) is 2. The molecule has 1 atom stereocenters. The fourth-order valence-corrected chi connectivity index (χ4v) is 5.02. The molecule has 0 radical (unpaired) electrons. The average molecular weight is 428 g/mol. The van der Waals surface area contributed by atoms with Gasteiger partial charge in [0.2, 0.25) is 0 Å². The third-order valence-corrected chi connectivity index (χ3v) is 7.26. The summed E-state index contributed by atoms with van der Waals surface area (Å²) in [6.07, 6.45) is 4.56. The topological polar surface area (TPSA) is 86.4 Å². The number of nitrogens with zero attached hydrogens (tertiary/aromatic N) is 1. The summed E-state index contributed by atoms with van der Waals surface area (Å²) in [6.45, 7) is 10.5. The van der Waals surface area contributed by atoms with Gasteiger partial charge in [-0.1, -0.05) is 18.7 Å². The summed E-state index contributed by atoms with van der Waals surface area (Å²) < 4.78 is 18.3. The van der Waals surface area contributed by atoms with Gasteiger partial charge in [0, 0.05) is 34.2 Å². The molecule has 1 aromatic carbocycles. The van der Waals surface area contributed by atoms with Gasteiger partial charge >= 0.3 is 0 Å². The van der Waals surface area contributed by atoms with E-state index in [0.29, 0.717) is 23.2 Å². The van der Waals surface area contributed by atoms with Gasteiger partial charge in [0.25, 0.3) is 5.91 Å². The van der Waals surface area contributed by atoms with Gasteiger partial charge in [-0.25, -0.2) is 0 Å². The minimum Gasteiger partial charge on any atom is -0.452 e. The zero-order chi connectivity index (χ0) is 21.7. The number of carbonyl (C=O) groups excluding carboxylic acids is 1. The summed E-state index contributed by atoms with van der Waals surface area (Å²) in [6, 6.07) is 9.70. The highest BCUT2D eigenvalue weighted by molar-refractivity contribution is 7.85. The molecule has 1 aromatic heterocycles. The Morgan fingerprint density at radius 3 is 2.60 bits per heavy atom. The van der Waals surface area contributed by atoms with E-state index < -0.39 is 10.8 Å². The number of piperidine rings is 1. The normalized spacial score (nSPS) is 17.2. The number of benzene rings is 1. The molecule has 160 valence electrons. The Hall–Kier alpha value is -2.51. The van der Waals surface area contributed by atoms with Crippen LogP contribution in [0, 0.1) is 5.41 Å². The Morgan fingerprint density at radius 2 is 2.00 bits per heavy atom. The molecule has 6 nitrogen and oxygen atoms in total. The van der Waals surface area contributed by atoms with E-state index in [4.69, 9.17) is 9.83 Å². The first-order valence-electron chi connectivity index (χ1n) is 10.2. The Labute approximate surface area is 179 Å². The summed E-state index contributed by atoms with van der Waals surface area (Å²) in [5, 5.41) is 10.7. The fourth-order valence-electron chi connectivity index (χ4n) is 3.60. The van der Waals surface area contributed by atoms with Crippen LogP contribution in [0.1, 0.15) is 42.8 Å². The molecule has 0 saturated carbocycles. The summed E-state index contributed by atoms with van der Waals surface area (Å²) >= 11 is 0. The van der Waals surface area contributed by atoms with E-state index in [-0.39, 0.29) is 16.9 Å². The predicted octanol–water partition coefficient (Wildman–Crippen LogP) is 2.03. The molecule has 1 fully saturated rings. The molecule has 2 aromatic rings. The van der Waals surface area contributed by atoms with Crippen molar-refractivity contribution >= 4 is 35.6 Å². The highest BCUT2D eigenvalue weighted by Gasteiger charge is 2.25. The van der Waals surface area contributed by atoms with E-state index in [2.05, 4.69) is 30.6 Å². The van der Waals surface area contributed by atoms with Crippen molar-refractivity contribution in [2.45, 2.75) is 49.4 Å². The number of likely N-dealkylation sites (tertiary alicyclic amines) is 1. The molecule has 0 aliphatic carbocycles. The van der Waals surface area contributed by atoms with Crippen LogP contribution in [0.2, 0.25) is 0 Å². The van der Waals surface area contributed by atoms with Crippen LogP contribution in [-0.2, 0) is 17.3 Å². The van der Waals surface area contributed by atoms with Gasteiger partial charge in [-0.3, -0.25) is 9.00 Å². The molecule has 0 spiro atoms. The molecule has 2 N–H and O–H groups in total. The molecular formula is C23H29N3O3S. The number of carbonyl (C=O) groups is 1. The Morgan fingerprint density at radius 1 is 1.33 bits per heavy atom. The number of nitrogens with one attached hydrogen (secondary N) is 2. The lowest BCUT2D eigenvalue weighted by Gasteiger charge is -2.34. The Balaban J connectivity index is 1.56. The average Bonchev–Trinajstić information content (AvgIpc) is 3.12. The van der Waals surface area contributed by atoms with E-state index in [1.165, 1.54) is 6.08 Å². The highest BCUT2D eigenvalue weighted by atomic mass is 32.2. The van der Waals surface area contributed by atoms with Crippen molar-refractivity contribution in [2.75, 3.05) is 13.1 Å². The lowest BCUT2D eigenvalue weighted by atomic mass is 10.1. The molecular weight excluding hydrogens is 398 g/mol. The second-order valence-corrected chi connectivity index (χ2v) is 9.51. The SMILES string of the molecule is C=c1oc(C(=O)NCc2ccc(S(=O)C3CCN(C(C)C)CC3)cc2)cc1=CC=N. The summed E-state index contributed by atoms with van der Waals surface area (Å²) in [5.41, 5.74) is 1.28. The maximum atomic E-state index is 12.9. The number of amides is 1. The van der Waals surface area contributed by atoms with Crippen LogP contribution in [0.25, 0.3) is 12.7 Å². The van der Waals surface area contributed by atoms with Crippen molar-refractivity contribution in [1.29, 1.82) is 5.41 Å². The minimum atomic E-state index is -1.01. The maximum absolute atomic E-state index is 12.9. The van der Waals surface area contributed by atoms with Crippen LogP contribution in [0.15, 0.2) is 39.6 Å². The van der Waals surface area contributed by atoms with Crippen LogP contribution in [-0.4, -0.2) is 45.6 Å². The third kappa shape index (κ3) is 5.34. The van der Waals surface area contributed by atoms with Crippen molar-refractivity contribution < 1.29 is 13.4 Å². The first-order chi connectivity index (χ1) is 14.4. The van der Waals surface area contributed by atoms with E-state index in [9.17, 15) is 9.00 Å². The smallest absolute Gasteiger partial charge is 0.287 e. The molecule has 3 rings (SSSR count). The van der Waals surface area contributed by atoms with Gasteiger partial charge in [0.1, 0.15) is 5.42 Å². The predicted molar refractivity (Wildman–Crippen MR) is 120 cm³/mol. The number of furan rings is 1. The van der Waals surface area contributed by atoms with Crippen molar-refractivity contribution in [2.24, 2.45) is 0 Å². The largest absolute Gasteiger partial charge is 0.452 e. The van der Waals surface area contributed by atoms with Crippen molar-refractivity contribution in [3.05, 3.63) is 52.3 Å². The third-order valence-electron chi connectivity index (χ3n) is 5.45. The van der Waals surface area contributed by atoms with Gasteiger partial charge in [-0.05, 0) is 69.6 Å². The standard InChI is InChI=1S/C23H29N3O3S/c1-16(2)26-12-9-21(10-13-26)30(28)20-6-4-18(5-7-20)15-25-23(27)22-14-19(8-11-24)17(3)29-22/h4-8,11,14,16,21,24H,3,9-10,12-13,15H2,1-2H3,(H,25,27). The molecule has 1 unspecified atom stereocenters. The van der Waals surface area contributed by atoms with Crippen molar-refractivity contribution in [3.63, 3.8) is 0 Å². The summed E-state index contributed by atoms with van der Waals surface area (Å²) in [7, 11) is -1.01. The minimum absolute atomic E-state index is 0.165. The molecule has 0 bridgehead atoms.